The molecule has 1 aliphatic rings. The van der Waals surface area contributed by atoms with Crippen molar-refractivity contribution in [3.8, 4) is 0 Å². The fourth-order valence-electron chi connectivity index (χ4n) is 3.84. The zero-order valence-corrected chi connectivity index (χ0v) is 17.0. The number of fused-ring (bicyclic) bond motifs is 1. The molecule has 1 N–H and O–H groups in total. The fraction of sp³-hybridized carbons (Fsp3) is 0.318. The summed E-state index contributed by atoms with van der Waals surface area (Å²) in [6.45, 7) is 4.30. The van der Waals surface area contributed by atoms with E-state index in [1.165, 1.54) is 12.1 Å². The Morgan fingerprint density at radius 1 is 1.07 bits per heavy atom. The van der Waals surface area contributed by atoms with Crippen molar-refractivity contribution in [2.45, 2.75) is 13.0 Å². The first-order valence-corrected chi connectivity index (χ1v) is 9.96. The van der Waals surface area contributed by atoms with Gasteiger partial charge in [-0.05, 0) is 31.2 Å². The lowest BCUT2D eigenvalue weighted by atomic mass is 10.2. The molecule has 2 heterocycles. The van der Waals surface area contributed by atoms with Crippen LogP contribution in [-0.2, 0) is 7.05 Å². The minimum Gasteiger partial charge on any atom is -0.322 e. The van der Waals surface area contributed by atoms with E-state index in [-0.39, 0.29) is 23.3 Å². The van der Waals surface area contributed by atoms with Gasteiger partial charge in [0.2, 0.25) is 0 Å². The molecule has 1 fully saturated rings. The average molecular weight is 409 g/mol. The molecule has 1 atom stereocenters. The molecule has 2 aromatic carbocycles. The second-order valence-electron chi connectivity index (χ2n) is 7.46. The molecule has 30 heavy (non-hydrogen) atoms. The summed E-state index contributed by atoms with van der Waals surface area (Å²) in [5, 5.41) is 3.23. The van der Waals surface area contributed by atoms with Gasteiger partial charge in [-0.3, -0.25) is 14.3 Å². The molecule has 3 aromatic rings. The van der Waals surface area contributed by atoms with Crippen LogP contribution in [0.3, 0.4) is 0 Å². The molecule has 0 bridgehead atoms. The van der Waals surface area contributed by atoms with Crippen LogP contribution in [0.5, 0.6) is 0 Å². The second-order valence-corrected chi connectivity index (χ2v) is 7.46. The molecular formula is C22H24FN5O2. The molecule has 4 rings (SSSR count). The smallest absolute Gasteiger partial charge is 0.322 e. The summed E-state index contributed by atoms with van der Waals surface area (Å²) in [7, 11) is 1.74. The van der Waals surface area contributed by atoms with Crippen LogP contribution < -0.4 is 10.9 Å². The Bertz CT molecular complexity index is 1140. The molecule has 1 unspecified atom stereocenters. The lowest BCUT2D eigenvalue weighted by Crippen LogP contribution is -2.51. The largest absolute Gasteiger partial charge is 0.322 e. The number of aromatic nitrogens is 2. The van der Waals surface area contributed by atoms with Gasteiger partial charge in [-0.25, -0.2) is 14.2 Å². The maximum absolute atomic E-state index is 13.8. The van der Waals surface area contributed by atoms with Gasteiger partial charge in [-0.15, -0.1) is 0 Å². The van der Waals surface area contributed by atoms with E-state index in [0.29, 0.717) is 42.9 Å². The van der Waals surface area contributed by atoms with Gasteiger partial charge in [-0.1, -0.05) is 24.3 Å². The standard InChI is InChI=1S/C22H24FN5O2/c1-15(20-24-18-9-5-3-7-16(18)21(29)26(20)2)27-11-13-28(14-12-27)22(30)25-19-10-6-4-8-17(19)23/h3-10,15H,11-14H2,1-2H3,(H,25,30). The van der Waals surface area contributed by atoms with Crippen molar-refractivity contribution >= 4 is 22.6 Å². The highest BCUT2D eigenvalue weighted by Gasteiger charge is 2.27. The van der Waals surface area contributed by atoms with Gasteiger partial charge in [0.1, 0.15) is 11.6 Å². The van der Waals surface area contributed by atoms with Crippen molar-refractivity contribution in [3.05, 3.63) is 70.5 Å². The summed E-state index contributed by atoms with van der Waals surface area (Å²) in [6, 6.07) is 13.1. The zero-order valence-electron chi connectivity index (χ0n) is 17.0. The SMILES string of the molecule is CC(c1nc2ccccc2c(=O)n1C)N1CCN(C(=O)Nc2ccccc2F)CC1. The zero-order chi connectivity index (χ0) is 21.3. The van der Waals surface area contributed by atoms with Crippen molar-refractivity contribution in [1.29, 1.82) is 0 Å². The predicted molar refractivity (Wildman–Crippen MR) is 114 cm³/mol. The molecule has 1 aliphatic heterocycles. The lowest BCUT2D eigenvalue weighted by molar-refractivity contribution is 0.114. The maximum Gasteiger partial charge on any atom is 0.322 e. The number of carbonyl (C=O) groups is 1. The number of para-hydroxylation sites is 2. The van der Waals surface area contributed by atoms with Gasteiger partial charge in [0.15, 0.2) is 0 Å². The highest BCUT2D eigenvalue weighted by atomic mass is 19.1. The maximum atomic E-state index is 13.8. The quantitative estimate of drug-likeness (QED) is 0.722. The molecule has 1 saturated heterocycles. The Balaban J connectivity index is 1.45. The van der Waals surface area contributed by atoms with Gasteiger partial charge >= 0.3 is 6.03 Å². The Morgan fingerprint density at radius 2 is 1.73 bits per heavy atom. The number of nitrogens with zero attached hydrogens (tertiary/aromatic N) is 4. The van der Waals surface area contributed by atoms with Gasteiger partial charge in [0.05, 0.1) is 22.6 Å². The molecular weight excluding hydrogens is 385 g/mol. The van der Waals surface area contributed by atoms with E-state index in [4.69, 9.17) is 4.98 Å². The number of hydrogen-bond acceptors (Lipinski definition) is 4. The minimum absolute atomic E-state index is 0.0645. The van der Waals surface area contributed by atoms with Crippen LogP contribution in [0.2, 0.25) is 0 Å². The average Bonchev–Trinajstić information content (AvgIpc) is 2.77. The first-order chi connectivity index (χ1) is 14.5. The summed E-state index contributed by atoms with van der Waals surface area (Å²) in [6.07, 6.45) is 0. The number of nitrogens with one attached hydrogen (secondary N) is 1. The third-order valence-electron chi connectivity index (χ3n) is 5.66. The number of urea groups is 1. The van der Waals surface area contributed by atoms with Gasteiger partial charge < -0.3 is 10.2 Å². The number of hydrogen-bond donors (Lipinski definition) is 1. The monoisotopic (exact) mass is 409 g/mol. The molecule has 0 spiro atoms. The molecule has 8 heteroatoms. The van der Waals surface area contributed by atoms with Crippen LogP contribution in [-0.4, -0.2) is 51.6 Å². The van der Waals surface area contributed by atoms with E-state index in [2.05, 4.69) is 10.2 Å². The van der Waals surface area contributed by atoms with Crippen LogP contribution >= 0.6 is 0 Å². The van der Waals surface area contributed by atoms with Crippen LogP contribution in [0.15, 0.2) is 53.3 Å². The van der Waals surface area contributed by atoms with E-state index >= 15 is 0 Å². The normalized spacial score (nSPS) is 15.9. The number of benzene rings is 2. The highest BCUT2D eigenvalue weighted by Crippen LogP contribution is 2.21. The van der Waals surface area contributed by atoms with E-state index in [1.807, 2.05) is 25.1 Å². The van der Waals surface area contributed by atoms with Crippen LogP contribution in [0, 0.1) is 5.82 Å². The molecule has 2 amide bonds. The number of anilines is 1. The Morgan fingerprint density at radius 3 is 2.47 bits per heavy atom. The second kappa shape index (κ2) is 8.23. The van der Waals surface area contributed by atoms with Crippen molar-refractivity contribution in [2.75, 3.05) is 31.5 Å². The van der Waals surface area contributed by atoms with Crippen molar-refractivity contribution < 1.29 is 9.18 Å². The Labute approximate surface area is 173 Å². The predicted octanol–water partition coefficient (Wildman–Crippen LogP) is 2.98. The number of amides is 2. The first-order valence-electron chi connectivity index (χ1n) is 9.96. The summed E-state index contributed by atoms with van der Waals surface area (Å²) in [5.41, 5.74) is 0.796. The first kappa shape index (κ1) is 20.0. The lowest BCUT2D eigenvalue weighted by Gasteiger charge is -2.38. The van der Waals surface area contributed by atoms with E-state index in [1.54, 1.807) is 34.7 Å². The van der Waals surface area contributed by atoms with Crippen LogP contribution in [0.1, 0.15) is 18.8 Å². The molecule has 1 aromatic heterocycles. The third kappa shape index (κ3) is 3.78. The van der Waals surface area contributed by atoms with E-state index in [0.717, 1.165) is 0 Å². The van der Waals surface area contributed by atoms with Crippen molar-refractivity contribution in [2.24, 2.45) is 7.05 Å². The summed E-state index contributed by atoms with van der Waals surface area (Å²) in [5.74, 6) is 0.240. The highest BCUT2D eigenvalue weighted by molar-refractivity contribution is 5.89. The number of carbonyl (C=O) groups excluding carboxylic acids is 1. The Hall–Kier alpha value is -3.26. The third-order valence-corrected chi connectivity index (χ3v) is 5.66. The molecule has 7 nitrogen and oxygen atoms in total. The minimum atomic E-state index is -0.457. The van der Waals surface area contributed by atoms with Gasteiger partial charge in [0.25, 0.3) is 5.56 Å². The molecule has 0 aliphatic carbocycles. The molecule has 0 radical (unpaired) electrons. The molecule has 0 saturated carbocycles. The van der Waals surface area contributed by atoms with Crippen molar-refractivity contribution in [1.82, 2.24) is 19.4 Å². The summed E-state index contributed by atoms with van der Waals surface area (Å²) in [4.78, 5) is 33.8. The molecule has 156 valence electrons. The fourth-order valence-corrected chi connectivity index (χ4v) is 3.84. The van der Waals surface area contributed by atoms with Crippen LogP contribution in [0.25, 0.3) is 10.9 Å². The summed E-state index contributed by atoms with van der Waals surface area (Å²) >= 11 is 0. The number of rotatable bonds is 3. The van der Waals surface area contributed by atoms with E-state index in [9.17, 15) is 14.0 Å². The summed E-state index contributed by atoms with van der Waals surface area (Å²) < 4.78 is 15.4. The van der Waals surface area contributed by atoms with E-state index < -0.39 is 5.82 Å². The topological polar surface area (TPSA) is 70.5 Å². The van der Waals surface area contributed by atoms with Crippen molar-refractivity contribution in [3.63, 3.8) is 0 Å². The number of piperazine rings is 1. The van der Waals surface area contributed by atoms with Gasteiger partial charge in [-0.2, -0.15) is 0 Å². The van der Waals surface area contributed by atoms with Crippen LogP contribution in [0.4, 0.5) is 14.9 Å². The van der Waals surface area contributed by atoms with Gasteiger partial charge in [0, 0.05) is 33.2 Å². The number of halogens is 1. The Kier molecular flexibility index (Phi) is 5.50.